The third-order valence-corrected chi connectivity index (χ3v) is 79.8. The molecule has 3 aliphatic rings. The van der Waals surface area contributed by atoms with Crippen molar-refractivity contribution in [2.75, 3.05) is 0 Å². The molecule has 3 fully saturated rings. The zero-order chi connectivity index (χ0) is 56.8. The molecule has 3 aliphatic heterocycles. The van der Waals surface area contributed by atoms with Gasteiger partial charge in [-0.05, 0) is 212 Å². The van der Waals surface area contributed by atoms with Gasteiger partial charge in [-0.25, -0.2) is 0 Å². The van der Waals surface area contributed by atoms with Crippen LogP contribution in [0.4, 0.5) is 0 Å². The van der Waals surface area contributed by atoms with Crippen molar-refractivity contribution >= 4 is 180 Å². The summed E-state index contributed by atoms with van der Waals surface area (Å²) in [5.41, 5.74) is 1.19. The van der Waals surface area contributed by atoms with E-state index < -0.39 is 180 Å². The molecule has 3 saturated heterocycles. The molecule has 38 heteroatoms. The summed E-state index contributed by atoms with van der Waals surface area (Å²) in [5, 5.41) is 0. The molecule has 0 aromatic heterocycles. The quantitative estimate of drug-likeness (QED) is 0.0699. The summed E-state index contributed by atoms with van der Waals surface area (Å²) >= 11 is 0. The fraction of sp³-hybridized carbons (Fsp3) is 1.00. The van der Waals surface area contributed by atoms with Crippen LogP contribution in [-0.4, -0.2) is 199 Å². The second kappa shape index (κ2) is 32.4. The fourth-order valence-corrected chi connectivity index (χ4v) is 89.5. The number of rotatable bonds is 29. The predicted molar refractivity (Wildman–Crippen MR) is 355 cm³/mol. The Morgan fingerprint density at radius 1 is 0.427 bits per heavy atom. The Bertz CT molecular complexity index is 1540. The molecule has 0 spiro atoms. The largest absolute Gasteiger partial charge is 0.641 e. The Balaban J connectivity index is 1.78. The van der Waals surface area contributed by atoms with Crippen molar-refractivity contribution < 1.29 is 75.0 Å². The molecule has 0 N–H and O–H groups in total. The molecule has 0 saturated carbocycles. The molecule has 0 amide bonds. The lowest BCUT2D eigenvalue weighted by atomic mass is 10.5. The van der Waals surface area contributed by atoms with Crippen molar-refractivity contribution in [3.8, 4) is 0 Å². The standard InChI is InChI=1S/C37H110O18Si20/c1-35-31-61(7)47-67(48-63(9)38-35)27-29-68(11,12)43-57-41-58-44-75(42-56-4,54-73(21,22)52-71(17,18)50-69(13,14)28-25-65-34-62(8)45-59(5)32-36(2)39-65)55-74(23,24)53-72(19,20)51-70(15,16)30-26-66-40-37(3)33-60(6)46-64(10)49-66/h35-37,59-67H,25-34,56-58H2,1-24H3. The maximum atomic E-state index is 7.22. The lowest BCUT2D eigenvalue weighted by Crippen LogP contribution is -2.66. The van der Waals surface area contributed by atoms with Crippen LogP contribution in [0.15, 0.2) is 0 Å². The first-order valence-electron chi connectivity index (χ1n) is 28.2. The minimum absolute atomic E-state index is 0.174. The van der Waals surface area contributed by atoms with E-state index in [0.717, 1.165) is 54.4 Å². The maximum Gasteiger partial charge on any atom is 0.641 e. The van der Waals surface area contributed by atoms with Crippen LogP contribution < -0.4 is 0 Å². The Hall–Kier alpha value is 3.62. The lowest BCUT2D eigenvalue weighted by Gasteiger charge is -2.44. The van der Waals surface area contributed by atoms with Crippen LogP contribution in [0.25, 0.3) is 0 Å². The molecule has 18 nitrogen and oxygen atoms in total. The van der Waals surface area contributed by atoms with Gasteiger partial charge in [0.2, 0.25) is 0 Å². The first kappa shape index (κ1) is 72.9. The Labute approximate surface area is 488 Å². The Morgan fingerprint density at radius 3 is 1.43 bits per heavy atom. The highest BCUT2D eigenvalue weighted by Gasteiger charge is 2.57. The van der Waals surface area contributed by atoms with Gasteiger partial charge in [0, 0.05) is 18.3 Å². The van der Waals surface area contributed by atoms with Gasteiger partial charge in [-0.1, -0.05) is 6.55 Å². The second-order valence-electron chi connectivity index (χ2n) is 25.1. The summed E-state index contributed by atoms with van der Waals surface area (Å²) in [7, 11) is -39.9. The average Bonchev–Trinajstić information content (AvgIpc) is 3.16. The highest BCUT2D eigenvalue weighted by molar-refractivity contribution is 6.92. The van der Waals surface area contributed by atoms with Crippen LogP contribution in [0, 0.1) is 0 Å². The van der Waals surface area contributed by atoms with Gasteiger partial charge in [0.1, 0.15) is 0 Å². The summed E-state index contributed by atoms with van der Waals surface area (Å²) in [6.07, 6.45) is 0.694. The second-order valence-corrected chi connectivity index (χ2v) is 83.4. The monoisotopic (exact) mass is 1400 g/mol. The van der Waals surface area contributed by atoms with Gasteiger partial charge in [0.05, 0.1) is 0 Å². The molecule has 446 valence electrons. The van der Waals surface area contributed by atoms with Crippen molar-refractivity contribution in [3.63, 3.8) is 0 Å². The van der Waals surface area contributed by atoms with E-state index in [4.69, 9.17) is 75.0 Å². The smallest absolute Gasteiger partial charge is 0.460 e. The molecular weight excluding hydrogens is 1290 g/mol. The topological polar surface area (TPSA) is 166 Å². The molecule has 13 atom stereocenters. The molecule has 0 aromatic rings. The normalized spacial score (nSPS) is 31.4. The summed E-state index contributed by atoms with van der Waals surface area (Å²) in [6.45, 7) is 52.7. The van der Waals surface area contributed by atoms with Crippen molar-refractivity contribution in [2.24, 2.45) is 0 Å². The molecule has 3 heterocycles. The van der Waals surface area contributed by atoms with Crippen LogP contribution in [0.5, 0.6) is 0 Å². The summed E-state index contributed by atoms with van der Waals surface area (Å²) in [5.74, 6) is 0. The highest BCUT2D eigenvalue weighted by Crippen LogP contribution is 2.33. The van der Waals surface area contributed by atoms with E-state index in [9.17, 15) is 0 Å². The molecule has 0 aliphatic carbocycles. The van der Waals surface area contributed by atoms with Crippen LogP contribution in [0.1, 0.15) is 20.8 Å². The Morgan fingerprint density at radius 2 is 0.867 bits per heavy atom. The molecule has 0 aromatic carbocycles. The van der Waals surface area contributed by atoms with Gasteiger partial charge in [-0.15, -0.1) is 0 Å². The van der Waals surface area contributed by atoms with Crippen molar-refractivity contribution in [3.05, 3.63) is 0 Å². The number of hydrogen-bond acceptors (Lipinski definition) is 18. The molecule has 0 radical (unpaired) electrons. The van der Waals surface area contributed by atoms with Gasteiger partial charge < -0.3 is 75.0 Å². The zero-order valence-electron chi connectivity index (χ0n) is 51.5. The SMILES string of the molecule is C[SiH2]O[Si](O[SiH2]O[SiH2]O[Si](C)(C)CC[SiH]1O[SiH](C)CC(C)O[SiH](C)O1)(O[Si](C)(C)O[Si](C)(C)O[Si](C)(C)CC[SiH]1C[SiH](C)O[SiH](C)CC(C)O1)O[Si](C)(C)O[Si](C)(C)O[Si](C)(C)CC[SiH]1OC(C)C[SiH](C)O[SiH](C)O1. The van der Waals surface area contributed by atoms with Gasteiger partial charge in [0.25, 0.3) is 29.3 Å². The third-order valence-electron chi connectivity index (χ3n) is 12.8. The first-order valence-corrected chi connectivity index (χ1v) is 74.4. The van der Waals surface area contributed by atoms with E-state index in [0.29, 0.717) is 6.10 Å². The van der Waals surface area contributed by atoms with E-state index >= 15 is 0 Å². The molecular formula is C37H110O18Si20. The molecule has 0 bridgehead atoms. The molecule has 3 rings (SSSR count). The maximum absolute atomic E-state index is 7.22. The van der Waals surface area contributed by atoms with E-state index in [1.165, 1.54) is 5.67 Å². The van der Waals surface area contributed by atoms with Crippen LogP contribution in [-0.2, 0) is 75.0 Å². The summed E-state index contributed by atoms with van der Waals surface area (Å²) < 4.78 is 122. The van der Waals surface area contributed by atoms with Gasteiger partial charge in [-0.2, -0.15) is 0 Å². The van der Waals surface area contributed by atoms with Crippen molar-refractivity contribution in [2.45, 2.75) is 237 Å². The third kappa shape index (κ3) is 31.0. The zero-order valence-corrected chi connectivity index (χ0v) is 74.1. The Kier molecular flexibility index (Phi) is 31.5. The van der Waals surface area contributed by atoms with Gasteiger partial charge in [-0.3, -0.25) is 0 Å². The molecule has 13 unspecified atom stereocenters. The average molecular weight is 1400 g/mol. The van der Waals surface area contributed by atoms with Crippen molar-refractivity contribution in [1.29, 1.82) is 0 Å². The van der Waals surface area contributed by atoms with E-state index in [-0.39, 0.29) is 12.2 Å². The first-order chi connectivity index (χ1) is 34.3. The van der Waals surface area contributed by atoms with Gasteiger partial charge in [0.15, 0.2) is 79.9 Å². The minimum atomic E-state index is -3.95. The van der Waals surface area contributed by atoms with Crippen LogP contribution in [0.3, 0.4) is 0 Å². The van der Waals surface area contributed by atoms with Crippen molar-refractivity contribution in [1.82, 2.24) is 0 Å². The fourth-order valence-electron chi connectivity index (χ4n) is 10.6. The van der Waals surface area contributed by atoms with Crippen LogP contribution >= 0.6 is 0 Å². The minimum Gasteiger partial charge on any atom is -0.460 e. The molecule has 75 heavy (non-hydrogen) atoms. The highest BCUT2D eigenvalue weighted by atomic mass is 28.6. The van der Waals surface area contributed by atoms with Crippen LogP contribution in [0.2, 0.25) is 198 Å². The number of hydrogen-bond donors (Lipinski definition) is 0. The van der Waals surface area contributed by atoms with E-state index in [1.807, 2.05) is 0 Å². The summed E-state index contributed by atoms with van der Waals surface area (Å²) in [6, 6.07) is 9.01. The lowest BCUT2D eigenvalue weighted by molar-refractivity contribution is 0.123. The summed E-state index contributed by atoms with van der Waals surface area (Å²) in [4.78, 5) is 0. The van der Waals surface area contributed by atoms with Gasteiger partial charge >= 0.3 is 71.1 Å². The van der Waals surface area contributed by atoms with E-state index in [2.05, 4.69) is 158 Å². The van der Waals surface area contributed by atoms with E-state index in [1.54, 1.807) is 0 Å². The predicted octanol–water partition coefficient (Wildman–Crippen LogP) is 5.30.